The first-order chi connectivity index (χ1) is 15.0. The number of carbonyl (C=O) groups excluding carboxylic acids is 1. The summed E-state index contributed by atoms with van der Waals surface area (Å²) in [5, 5.41) is 9.37. The molecule has 1 aromatic rings. The minimum atomic E-state index is -1.10. The topological polar surface area (TPSA) is 63.6 Å². The fourth-order valence-corrected chi connectivity index (χ4v) is 3.93. The van der Waals surface area contributed by atoms with Gasteiger partial charge in [-0.15, -0.1) is 0 Å². The molecule has 0 aromatic heterocycles. The van der Waals surface area contributed by atoms with E-state index in [0.29, 0.717) is 0 Å². The second-order valence-electron chi connectivity index (χ2n) is 9.17. The molecule has 0 fully saturated rings. The van der Waals surface area contributed by atoms with E-state index in [4.69, 9.17) is 4.74 Å². The van der Waals surface area contributed by atoms with Crippen molar-refractivity contribution in [3.05, 3.63) is 35.4 Å². The molecule has 1 rings (SSSR count). The predicted molar refractivity (Wildman–Crippen MR) is 128 cm³/mol. The molecule has 1 atom stereocenters. The first kappa shape index (κ1) is 27.2. The molecule has 0 saturated heterocycles. The van der Waals surface area contributed by atoms with Crippen molar-refractivity contribution in [2.24, 2.45) is 5.92 Å². The maximum absolute atomic E-state index is 12.7. The summed E-state index contributed by atoms with van der Waals surface area (Å²) in [4.78, 5) is 24.2. The third-order valence-corrected chi connectivity index (χ3v) is 5.84. The van der Waals surface area contributed by atoms with E-state index < -0.39 is 11.9 Å². The Morgan fingerprint density at radius 1 is 0.774 bits per heavy atom. The number of carboxylic acid groups (broad SMARTS) is 1. The van der Waals surface area contributed by atoms with Crippen LogP contribution in [-0.2, 0) is 4.74 Å². The zero-order chi connectivity index (χ0) is 22.9. The number of esters is 1. The molecule has 1 N–H and O–H groups in total. The van der Waals surface area contributed by atoms with Gasteiger partial charge in [-0.05, 0) is 43.7 Å². The first-order valence-electron chi connectivity index (χ1n) is 12.5. The molecule has 0 saturated carbocycles. The monoisotopic (exact) mass is 432 g/mol. The van der Waals surface area contributed by atoms with Gasteiger partial charge in [-0.3, -0.25) is 0 Å². The van der Waals surface area contributed by atoms with E-state index in [2.05, 4.69) is 20.8 Å². The summed E-state index contributed by atoms with van der Waals surface area (Å²) in [6.07, 6.45) is 16.1. The van der Waals surface area contributed by atoms with Gasteiger partial charge in [-0.2, -0.15) is 0 Å². The van der Waals surface area contributed by atoms with Crippen LogP contribution in [0, 0.1) is 5.92 Å². The Morgan fingerprint density at radius 3 is 1.77 bits per heavy atom. The van der Waals surface area contributed by atoms with Gasteiger partial charge < -0.3 is 9.84 Å². The quantitative estimate of drug-likeness (QED) is 0.188. The summed E-state index contributed by atoms with van der Waals surface area (Å²) < 4.78 is 5.82. The molecule has 1 aromatic carbocycles. The van der Waals surface area contributed by atoms with Gasteiger partial charge in [0, 0.05) is 0 Å². The number of carbonyl (C=O) groups is 2. The molecule has 0 aliphatic rings. The number of unbranched alkanes of at least 4 members (excludes halogenated alkanes) is 9. The van der Waals surface area contributed by atoms with Crippen LogP contribution in [0.25, 0.3) is 0 Å². The fourth-order valence-electron chi connectivity index (χ4n) is 3.93. The van der Waals surface area contributed by atoms with Gasteiger partial charge in [0.2, 0.25) is 0 Å². The lowest BCUT2D eigenvalue weighted by Gasteiger charge is -2.19. The smallest absolute Gasteiger partial charge is 0.339 e. The molecule has 176 valence electrons. The highest BCUT2D eigenvalue weighted by atomic mass is 16.5. The lowest BCUT2D eigenvalue weighted by atomic mass is 10.0. The Labute approximate surface area is 189 Å². The summed E-state index contributed by atoms with van der Waals surface area (Å²) >= 11 is 0. The molecule has 0 radical (unpaired) electrons. The van der Waals surface area contributed by atoms with Crippen molar-refractivity contribution in [1.82, 2.24) is 0 Å². The van der Waals surface area contributed by atoms with Crippen molar-refractivity contribution >= 4 is 11.9 Å². The van der Waals surface area contributed by atoms with Crippen molar-refractivity contribution in [3.8, 4) is 0 Å². The van der Waals surface area contributed by atoms with E-state index in [1.165, 1.54) is 57.4 Å². The second kappa shape index (κ2) is 16.8. The van der Waals surface area contributed by atoms with Gasteiger partial charge in [0.1, 0.15) is 6.10 Å². The molecule has 31 heavy (non-hydrogen) atoms. The summed E-state index contributed by atoms with van der Waals surface area (Å²) in [6, 6.07) is 6.32. The number of benzene rings is 1. The van der Waals surface area contributed by atoms with Crippen LogP contribution in [0.1, 0.15) is 131 Å². The van der Waals surface area contributed by atoms with Crippen LogP contribution in [-0.4, -0.2) is 23.1 Å². The Bertz CT molecular complexity index is 623. The van der Waals surface area contributed by atoms with E-state index in [1.807, 2.05) is 0 Å². The molecule has 4 nitrogen and oxygen atoms in total. The lowest BCUT2D eigenvalue weighted by Crippen LogP contribution is -2.20. The van der Waals surface area contributed by atoms with Crippen molar-refractivity contribution < 1.29 is 19.4 Å². The highest BCUT2D eigenvalue weighted by molar-refractivity contribution is 6.02. The Hall–Kier alpha value is -1.84. The first-order valence-corrected chi connectivity index (χ1v) is 12.5. The van der Waals surface area contributed by atoms with Gasteiger partial charge in [0.15, 0.2) is 0 Å². The summed E-state index contributed by atoms with van der Waals surface area (Å²) in [7, 11) is 0. The lowest BCUT2D eigenvalue weighted by molar-refractivity contribution is 0.0244. The minimum absolute atomic E-state index is 0.0101. The van der Waals surface area contributed by atoms with Gasteiger partial charge in [-0.25, -0.2) is 9.59 Å². The van der Waals surface area contributed by atoms with Crippen molar-refractivity contribution in [2.45, 2.75) is 117 Å². The van der Waals surface area contributed by atoms with Crippen molar-refractivity contribution in [2.75, 3.05) is 0 Å². The van der Waals surface area contributed by atoms with Crippen molar-refractivity contribution in [3.63, 3.8) is 0 Å². The molecule has 0 aliphatic carbocycles. The van der Waals surface area contributed by atoms with E-state index in [1.54, 1.807) is 18.2 Å². The van der Waals surface area contributed by atoms with Gasteiger partial charge in [0.25, 0.3) is 0 Å². The number of hydrogen-bond donors (Lipinski definition) is 1. The van der Waals surface area contributed by atoms with Crippen molar-refractivity contribution in [1.29, 1.82) is 0 Å². The standard InChI is InChI=1S/C27H44O4/c1-4-5-6-7-8-9-13-18-23(19-14-11-10-12-17-22(2)3)31-27(30)25-21-16-15-20-24(25)26(28)29/h15-16,20-23H,4-14,17-19H2,1-3H3,(H,28,29). The van der Waals surface area contributed by atoms with E-state index >= 15 is 0 Å². The average Bonchev–Trinajstić information content (AvgIpc) is 2.74. The number of aromatic carboxylic acids is 1. The van der Waals surface area contributed by atoms with Gasteiger partial charge >= 0.3 is 11.9 Å². The normalized spacial score (nSPS) is 12.1. The van der Waals surface area contributed by atoms with Crippen LogP contribution in [0.2, 0.25) is 0 Å². The van der Waals surface area contributed by atoms with Crippen LogP contribution < -0.4 is 0 Å². The molecular weight excluding hydrogens is 388 g/mol. The summed E-state index contributed by atoms with van der Waals surface area (Å²) in [6.45, 7) is 6.74. The largest absolute Gasteiger partial charge is 0.478 e. The molecular formula is C27H44O4. The van der Waals surface area contributed by atoms with Gasteiger partial charge in [-0.1, -0.05) is 97.1 Å². The Morgan fingerprint density at radius 2 is 1.26 bits per heavy atom. The molecule has 0 aliphatic heterocycles. The predicted octanol–water partition coefficient (Wildman–Crippen LogP) is 8.05. The third-order valence-electron chi connectivity index (χ3n) is 5.84. The molecule has 0 amide bonds. The van der Waals surface area contributed by atoms with E-state index in [-0.39, 0.29) is 17.2 Å². The van der Waals surface area contributed by atoms with Crippen LogP contribution in [0.4, 0.5) is 0 Å². The fraction of sp³-hybridized carbons (Fsp3) is 0.704. The number of carboxylic acids is 1. The highest BCUT2D eigenvalue weighted by Gasteiger charge is 2.20. The SMILES string of the molecule is CCCCCCCCCC(CCCCCCC(C)C)OC(=O)c1ccccc1C(=O)O. The molecule has 0 heterocycles. The maximum atomic E-state index is 12.7. The molecule has 0 spiro atoms. The second-order valence-corrected chi connectivity index (χ2v) is 9.17. The molecule has 4 heteroatoms. The van der Waals surface area contributed by atoms with Crippen LogP contribution in [0.3, 0.4) is 0 Å². The van der Waals surface area contributed by atoms with Crippen LogP contribution in [0.15, 0.2) is 24.3 Å². The molecule has 1 unspecified atom stereocenters. The number of ether oxygens (including phenoxy) is 1. The Balaban J connectivity index is 2.54. The van der Waals surface area contributed by atoms with Crippen LogP contribution in [0.5, 0.6) is 0 Å². The summed E-state index contributed by atoms with van der Waals surface area (Å²) in [5.41, 5.74) is 0.160. The highest BCUT2D eigenvalue weighted by Crippen LogP contribution is 2.20. The van der Waals surface area contributed by atoms with Gasteiger partial charge in [0.05, 0.1) is 11.1 Å². The molecule has 0 bridgehead atoms. The number of rotatable bonds is 18. The van der Waals surface area contributed by atoms with E-state index in [0.717, 1.165) is 44.4 Å². The number of hydrogen-bond acceptors (Lipinski definition) is 3. The Kier molecular flexibility index (Phi) is 14.7. The summed E-state index contributed by atoms with van der Waals surface area (Å²) in [5.74, 6) is -0.854. The zero-order valence-corrected chi connectivity index (χ0v) is 20.0. The minimum Gasteiger partial charge on any atom is -0.478 e. The average molecular weight is 433 g/mol. The zero-order valence-electron chi connectivity index (χ0n) is 20.0. The third kappa shape index (κ3) is 12.6. The van der Waals surface area contributed by atoms with Crippen LogP contribution >= 0.6 is 0 Å². The van der Waals surface area contributed by atoms with E-state index in [9.17, 15) is 14.7 Å². The maximum Gasteiger partial charge on any atom is 0.339 e.